The number of benzene rings is 2. The maximum absolute atomic E-state index is 5.58. The SMILES string of the molecule is CCNC(=NCc1coc(-c2ccccc2)n1)NCCc1ccc(OC)c(OC)c1. The monoisotopic (exact) mass is 408 g/mol. The van der Waals surface area contributed by atoms with Gasteiger partial charge in [0.15, 0.2) is 17.5 Å². The van der Waals surface area contributed by atoms with Gasteiger partial charge in [0, 0.05) is 18.7 Å². The minimum Gasteiger partial charge on any atom is -0.493 e. The fourth-order valence-electron chi connectivity index (χ4n) is 2.96. The van der Waals surface area contributed by atoms with Crippen LogP contribution >= 0.6 is 0 Å². The molecule has 0 saturated heterocycles. The van der Waals surface area contributed by atoms with E-state index < -0.39 is 0 Å². The van der Waals surface area contributed by atoms with E-state index in [2.05, 4.69) is 20.6 Å². The van der Waals surface area contributed by atoms with E-state index in [1.807, 2.05) is 55.5 Å². The van der Waals surface area contributed by atoms with Gasteiger partial charge in [0.25, 0.3) is 0 Å². The second-order valence-electron chi connectivity index (χ2n) is 6.57. The van der Waals surface area contributed by atoms with Crippen LogP contribution in [-0.2, 0) is 13.0 Å². The van der Waals surface area contributed by atoms with Gasteiger partial charge >= 0.3 is 0 Å². The number of rotatable bonds is 9. The summed E-state index contributed by atoms with van der Waals surface area (Å²) in [6.07, 6.45) is 2.48. The standard InChI is InChI=1S/C23H28N4O3/c1-4-24-23(25-13-12-17-10-11-20(28-2)21(14-17)29-3)26-15-19-16-30-22(27-19)18-8-6-5-7-9-18/h5-11,14,16H,4,12-13,15H2,1-3H3,(H2,24,25,26). The number of nitrogens with one attached hydrogen (secondary N) is 2. The highest BCUT2D eigenvalue weighted by Gasteiger charge is 2.07. The molecular formula is C23H28N4O3. The van der Waals surface area contributed by atoms with Crippen molar-refractivity contribution in [2.75, 3.05) is 27.3 Å². The summed E-state index contributed by atoms with van der Waals surface area (Å²) in [5.74, 6) is 2.80. The lowest BCUT2D eigenvalue weighted by Crippen LogP contribution is -2.38. The summed E-state index contributed by atoms with van der Waals surface area (Å²) >= 11 is 0. The Morgan fingerprint density at radius 3 is 2.57 bits per heavy atom. The van der Waals surface area contributed by atoms with Crippen molar-refractivity contribution in [3.05, 3.63) is 66.1 Å². The van der Waals surface area contributed by atoms with Crippen molar-refractivity contribution in [3.63, 3.8) is 0 Å². The van der Waals surface area contributed by atoms with Crippen LogP contribution in [0, 0.1) is 0 Å². The Balaban J connectivity index is 1.57. The molecule has 0 radical (unpaired) electrons. The Morgan fingerprint density at radius 2 is 1.83 bits per heavy atom. The Morgan fingerprint density at radius 1 is 1.03 bits per heavy atom. The van der Waals surface area contributed by atoms with E-state index in [4.69, 9.17) is 13.9 Å². The van der Waals surface area contributed by atoms with Crippen LogP contribution in [0.5, 0.6) is 11.5 Å². The number of ether oxygens (including phenoxy) is 2. The van der Waals surface area contributed by atoms with Gasteiger partial charge in [-0.2, -0.15) is 0 Å². The average molecular weight is 409 g/mol. The van der Waals surface area contributed by atoms with Crippen molar-refractivity contribution < 1.29 is 13.9 Å². The first-order valence-electron chi connectivity index (χ1n) is 9.96. The van der Waals surface area contributed by atoms with Gasteiger partial charge in [-0.3, -0.25) is 0 Å². The summed E-state index contributed by atoms with van der Waals surface area (Å²) in [6.45, 7) is 3.98. The number of hydrogen-bond acceptors (Lipinski definition) is 5. The van der Waals surface area contributed by atoms with Crippen LogP contribution in [0.4, 0.5) is 0 Å². The van der Waals surface area contributed by atoms with E-state index >= 15 is 0 Å². The first-order valence-corrected chi connectivity index (χ1v) is 9.96. The molecule has 3 rings (SSSR count). The molecule has 0 bridgehead atoms. The van der Waals surface area contributed by atoms with E-state index in [0.717, 1.165) is 53.8 Å². The highest BCUT2D eigenvalue weighted by Crippen LogP contribution is 2.27. The Hall–Kier alpha value is -3.48. The van der Waals surface area contributed by atoms with Gasteiger partial charge in [0.05, 0.1) is 20.8 Å². The summed E-state index contributed by atoms with van der Waals surface area (Å²) in [4.78, 5) is 9.13. The number of methoxy groups -OCH3 is 2. The van der Waals surface area contributed by atoms with E-state index in [1.165, 1.54) is 0 Å². The number of oxazole rings is 1. The van der Waals surface area contributed by atoms with Crippen LogP contribution in [0.2, 0.25) is 0 Å². The highest BCUT2D eigenvalue weighted by molar-refractivity contribution is 5.79. The summed E-state index contributed by atoms with van der Waals surface area (Å²) in [7, 11) is 3.28. The predicted octanol–water partition coefficient (Wildman–Crippen LogP) is 3.66. The van der Waals surface area contributed by atoms with E-state index in [0.29, 0.717) is 12.4 Å². The molecule has 0 aliphatic carbocycles. The summed E-state index contributed by atoms with van der Waals surface area (Å²) in [6, 6.07) is 15.8. The van der Waals surface area contributed by atoms with Crippen LogP contribution in [-0.4, -0.2) is 38.3 Å². The molecule has 2 N–H and O–H groups in total. The second-order valence-corrected chi connectivity index (χ2v) is 6.57. The molecule has 1 heterocycles. The molecule has 2 aromatic carbocycles. The molecule has 0 atom stereocenters. The van der Waals surface area contributed by atoms with Crippen LogP contribution in [0.15, 0.2) is 64.2 Å². The summed E-state index contributed by atoms with van der Waals surface area (Å²) < 4.78 is 16.2. The molecule has 0 unspecified atom stereocenters. The number of aromatic nitrogens is 1. The number of hydrogen-bond donors (Lipinski definition) is 2. The average Bonchev–Trinajstić information content (AvgIpc) is 3.27. The van der Waals surface area contributed by atoms with Crippen LogP contribution in [0.3, 0.4) is 0 Å². The Bertz CT molecular complexity index is 954. The van der Waals surface area contributed by atoms with Crippen molar-refractivity contribution in [2.45, 2.75) is 19.9 Å². The maximum atomic E-state index is 5.58. The van der Waals surface area contributed by atoms with Crippen LogP contribution < -0.4 is 20.1 Å². The Labute approximate surface area is 177 Å². The molecule has 3 aromatic rings. The zero-order valence-corrected chi connectivity index (χ0v) is 17.6. The van der Waals surface area contributed by atoms with Crippen LogP contribution in [0.1, 0.15) is 18.2 Å². The molecule has 0 aliphatic heterocycles. The van der Waals surface area contributed by atoms with E-state index in [1.54, 1.807) is 20.5 Å². The van der Waals surface area contributed by atoms with Crippen molar-refractivity contribution in [1.82, 2.24) is 15.6 Å². The van der Waals surface area contributed by atoms with Gasteiger partial charge in [-0.05, 0) is 43.2 Å². The van der Waals surface area contributed by atoms with Gasteiger partial charge in [-0.1, -0.05) is 24.3 Å². The molecule has 7 heteroatoms. The van der Waals surface area contributed by atoms with Gasteiger partial charge in [-0.25, -0.2) is 9.98 Å². The minimum absolute atomic E-state index is 0.433. The fraction of sp³-hybridized carbons (Fsp3) is 0.304. The van der Waals surface area contributed by atoms with Crippen molar-refractivity contribution in [1.29, 1.82) is 0 Å². The number of guanidine groups is 1. The topological polar surface area (TPSA) is 80.9 Å². The molecule has 158 valence electrons. The summed E-state index contributed by atoms with van der Waals surface area (Å²) in [5, 5.41) is 6.61. The van der Waals surface area contributed by atoms with Crippen molar-refractivity contribution >= 4 is 5.96 Å². The number of aliphatic imine (C=N–C) groups is 1. The fourth-order valence-corrected chi connectivity index (χ4v) is 2.96. The minimum atomic E-state index is 0.433. The van der Waals surface area contributed by atoms with E-state index in [9.17, 15) is 0 Å². The van der Waals surface area contributed by atoms with Crippen LogP contribution in [0.25, 0.3) is 11.5 Å². The Kier molecular flexibility index (Phi) is 7.71. The first-order chi connectivity index (χ1) is 14.7. The third-order valence-electron chi connectivity index (χ3n) is 4.47. The molecule has 1 aromatic heterocycles. The first kappa shape index (κ1) is 21.2. The lowest BCUT2D eigenvalue weighted by molar-refractivity contribution is 0.354. The lowest BCUT2D eigenvalue weighted by Gasteiger charge is -2.12. The van der Waals surface area contributed by atoms with Gasteiger partial charge in [0.1, 0.15) is 12.0 Å². The molecule has 0 aliphatic rings. The zero-order valence-electron chi connectivity index (χ0n) is 17.6. The molecular weight excluding hydrogens is 380 g/mol. The molecule has 30 heavy (non-hydrogen) atoms. The third-order valence-corrected chi connectivity index (χ3v) is 4.47. The number of nitrogens with zero attached hydrogens (tertiary/aromatic N) is 2. The second kappa shape index (κ2) is 10.9. The molecule has 0 saturated carbocycles. The van der Waals surface area contributed by atoms with Gasteiger partial charge < -0.3 is 24.5 Å². The van der Waals surface area contributed by atoms with Gasteiger partial charge in [-0.15, -0.1) is 0 Å². The van der Waals surface area contributed by atoms with E-state index in [-0.39, 0.29) is 0 Å². The summed E-state index contributed by atoms with van der Waals surface area (Å²) in [5.41, 5.74) is 2.89. The quantitative estimate of drug-likeness (QED) is 0.415. The largest absolute Gasteiger partial charge is 0.493 e. The normalized spacial score (nSPS) is 11.2. The van der Waals surface area contributed by atoms with Crippen molar-refractivity contribution in [2.24, 2.45) is 4.99 Å². The van der Waals surface area contributed by atoms with Crippen molar-refractivity contribution in [3.8, 4) is 23.0 Å². The molecule has 0 fully saturated rings. The maximum Gasteiger partial charge on any atom is 0.226 e. The molecule has 7 nitrogen and oxygen atoms in total. The molecule has 0 spiro atoms. The zero-order chi connectivity index (χ0) is 21.2. The van der Waals surface area contributed by atoms with Gasteiger partial charge in [0.2, 0.25) is 5.89 Å². The molecule has 0 amide bonds. The smallest absolute Gasteiger partial charge is 0.226 e. The predicted molar refractivity (Wildman–Crippen MR) is 118 cm³/mol. The highest BCUT2D eigenvalue weighted by atomic mass is 16.5. The third kappa shape index (κ3) is 5.76. The lowest BCUT2D eigenvalue weighted by atomic mass is 10.1.